The van der Waals surface area contributed by atoms with Crippen LogP contribution in [-0.4, -0.2) is 0 Å². The molecule has 0 aliphatic rings. The van der Waals surface area contributed by atoms with E-state index in [1.165, 1.54) is 76.5 Å². The van der Waals surface area contributed by atoms with Crippen molar-refractivity contribution in [1.82, 2.24) is 0 Å². The predicted molar refractivity (Wildman–Crippen MR) is 173 cm³/mol. The van der Waals surface area contributed by atoms with Crippen molar-refractivity contribution in [3.8, 4) is 33.4 Å². The van der Waals surface area contributed by atoms with Gasteiger partial charge in [-0.15, -0.1) is 0 Å². The molecular formula is C40H26. The maximum atomic E-state index is 2.33. The Morgan fingerprint density at radius 3 is 1.50 bits per heavy atom. The summed E-state index contributed by atoms with van der Waals surface area (Å²) in [7, 11) is 0. The van der Waals surface area contributed by atoms with Crippen molar-refractivity contribution in [2.45, 2.75) is 0 Å². The molecule has 186 valence electrons. The lowest BCUT2D eigenvalue weighted by Gasteiger charge is -2.11. The summed E-state index contributed by atoms with van der Waals surface area (Å²) in [5, 5.41) is 10.2. The van der Waals surface area contributed by atoms with E-state index >= 15 is 0 Å². The number of benzene rings is 8. The Morgan fingerprint density at radius 1 is 0.225 bits per heavy atom. The average molecular weight is 507 g/mol. The van der Waals surface area contributed by atoms with E-state index < -0.39 is 0 Å². The Hall–Kier alpha value is -5.20. The summed E-state index contributed by atoms with van der Waals surface area (Å²) in [6.07, 6.45) is 0. The fraction of sp³-hybridized carbons (Fsp3) is 0. The molecule has 0 heteroatoms. The Bertz CT molecular complexity index is 2210. The van der Waals surface area contributed by atoms with E-state index in [9.17, 15) is 0 Å². The van der Waals surface area contributed by atoms with E-state index in [1.807, 2.05) is 0 Å². The van der Waals surface area contributed by atoms with Crippen molar-refractivity contribution in [3.63, 3.8) is 0 Å². The largest absolute Gasteiger partial charge is 0.0616 e. The molecule has 0 amide bonds. The van der Waals surface area contributed by atoms with Gasteiger partial charge in [-0.05, 0) is 101 Å². The molecule has 0 saturated heterocycles. The Morgan fingerprint density at radius 2 is 0.725 bits per heavy atom. The van der Waals surface area contributed by atoms with Crippen molar-refractivity contribution >= 4 is 43.1 Å². The third-order valence-corrected chi connectivity index (χ3v) is 8.22. The molecule has 0 atom stereocenters. The highest BCUT2D eigenvalue weighted by Crippen LogP contribution is 2.35. The van der Waals surface area contributed by atoms with E-state index in [0.717, 1.165) is 0 Å². The van der Waals surface area contributed by atoms with Crippen molar-refractivity contribution in [1.29, 1.82) is 0 Å². The molecule has 0 fully saturated rings. The summed E-state index contributed by atoms with van der Waals surface area (Å²) < 4.78 is 0. The van der Waals surface area contributed by atoms with Crippen LogP contribution in [0.2, 0.25) is 0 Å². The first-order valence-electron chi connectivity index (χ1n) is 13.8. The summed E-state index contributed by atoms with van der Waals surface area (Å²) in [4.78, 5) is 0. The molecule has 0 aliphatic heterocycles. The predicted octanol–water partition coefficient (Wildman–Crippen LogP) is 11.3. The van der Waals surface area contributed by atoms with Gasteiger partial charge in [0.15, 0.2) is 0 Å². The van der Waals surface area contributed by atoms with Gasteiger partial charge in [-0.3, -0.25) is 0 Å². The molecule has 0 saturated carbocycles. The molecule has 0 bridgehead atoms. The second kappa shape index (κ2) is 9.22. The van der Waals surface area contributed by atoms with Gasteiger partial charge in [0.05, 0.1) is 0 Å². The first-order valence-corrected chi connectivity index (χ1v) is 13.8. The maximum absolute atomic E-state index is 2.33. The van der Waals surface area contributed by atoms with Gasteiger partial charge in [0.1, 0.15) is 0 Å². The second-order valence-electron chi connectivity index (χ2n) is 10.6. The molecule has 0 spiro atoms. The topological polar surface area (TPSA) is 0 Å². The quantitative estimate of drug-likeness (QED) is 0.209. The summed E-state index contributed by atoms with van der Waals surface area (Å²) >= 11 is 0. The van der Waals surface area contributed by atoms with Gasteiger partial charge in [0, 0.05) is 0 Å². The third-order valence-electron chi connectivity index (χ3n) is 8.22. The zero-order chi connectivity index (χ0) is 26.5. The molecule has 8 aromatic rings. The van der Waals surface area contributed by atoms with Crippen LogP contribution >= 0.6 is 0 Å². The van der Waals surface area contributed by atoms with Gasteiger partial charge in [0.25, 0.3) is 0 Å². The Kier molecular flexibility index (Phi) is 5.24. The summed E-state index contributed by atoms with van der Waals surface area (Å²) in [6.45, 7) is 0. The normalized spacial score (nSPS) is 11.5. The highest BCUT2D eigenvalue weighted by atomic mass is 14.1. The number of rotatable bonds is 3. The first kappa shape index (κ1) is 22.8. The van der Waals surface area contributed by atoms with Gasteiger partial charge in [-0.25, -0.2) is 0 Å². The van der Waals surface area contributed by atoms with Crippen LogP contribution in [0.25, 0.3) is 76.5 Å². The van der Waals surface area contributed by atoms with Crippen LogP contribution < -0.4 is 0 Å². The lowest BCUT2D eigenvalue weighted by molar-refractivity contribution is 1.61. The summed E-state index contributed by atoms with van der Waals surface area (Å²) in [6, 6.07) is 57.6. The van der Waals surface area contributed by atoms with Crippen LogP contribution in [0.3, 0.4) is 0 Å². The van der Waals surface area contributed by atoms with Gasteiger partial charge < -0.3 is 0 Å². The molecule has 0 nitrogen and oxygen atoms in total. The molecule has 0 N–H and O–H groups in total. The number of hydrogen-bond donors (Lipinski definition) is 0. The standard InChI is InChI=1S/C40H26/c1-2-9-29-23-32(16-15-27(29)7-1)30-11-5-12-31(24-30)33-19-21-39-34(25-33)17-18-35-26-36(20-22-40(35)39)38-14-6-10-28-8-3-4-13-37(28)38/h1-26H. The monoisotopic (exact) mass is 506 g/mol. The molecule has 8 rings (SSSR count). The highest BCUT2D eigenvalue weighted by Gasteiger charge is 2.09. The Balaban J connectivity index is 1.18. The molecule has 8 aromatic carbocycles. The maximum Gasteiger partial charge on any atom is -0.0105 e. The minimum absolute atomic E-state index is 1.24. The molecule has 0 heterocycles. The third kappa shape index (κ3) is 3.85. The van der Waals surface area contributed by atoms with E-state index in [1.54, 1.807) is 0 Å². The molecule has 0 radical (unpaired) electrons. The zero-order valence-electron chi connectivity index (χ0n) is 22.0. The molecule has 40 heavy (non-hydrogen) atoms. The fourth-order valence-corrected chi connectivity index (χ4v) is 6.14. The van der Waals surface area contributed by atoms with Gasteiger partial charge >= 0.3 is 0 Å². The smallest absolute Gasteiger partial charge is 0.0105 e. The average Bonchev–Trinajstić information content (AvgIpc) is 3.03. The fourth-order valence-electron chi connectivity index (χ4n) is 6.14. The SMILES string of the molecule is c1cc(-c2ccc3ccccc3c2)cc(-c2ccc3c(ccc4cc(-c5cccc6ccccc56)ccc43)c2)c1. The summed E-state index contributed by atoms with van der Waals surface area (Å²) in [5.74, 6) is 0. The first-order chi connectivity index (χ1) is 19.8. The van der Waals surface area contributed by atoms with Gasteiger partial charge in [0.2, 0.25) is 0 Å². The second-order valence-corrected chi connectivity index (χ2v) is 10.6. The number of fused-ring (bicyclic) bond motifs is 5. The van der Waals surface area contributed by atoms with Crippen molar-refractivity contribution in [3.05, 3.63) is 158 Å². The van der Waals surface area contributed by atoms with E-state index in [-0.39, 0.29) is 0 Å². The van der Waals surface area contributed by atoms with E-state index in [4.69, 9.17) is 0 Å². The molecule has 0 aliphatic carbocycles. The van der Waals surface area contributed by atoms with Crippen LogP contribution in [0, 0.1) is 0 Å². The Labute approximate surface area is 233 Å². The van der Waals surface area contributed by atoms with Gasteiger partial charge in [-0.1, -0.05) is 133 Å². The van der Waals surface area contributed by atoms with Crippen molar-refractivity contribution in [2.75, 3.05) is 0 Å². The molecule has 0 unspecified atom stereocenters. The van der Waals surface area contributed by atoms with Crippen LogP contribution in [0.5, 0.6) is 0 Å². The molecular weight excluding hydrogens is 480 g/mol. The van der Waals surface area contributed by atoms with Crippen LogP contribution in [-0.2, 0) is 0 Å². The van der Waals surface area contributed by atoms with E-state index in [0.29, 0.717) is 0 Å². The van der Waals surface area contributed by atoms with Crippen molar-refractivity contribution in [2.24, 2.45) is 0 Å². The lowest BCUT2D eigenvalue weighted by atomic mass is 9.93. The molecule has 0 aromatic heterocycles. The van der Waals surface area contributed by atoms with Gasteiger partial charge in [-0.2, -0.15) is 0 Å². The van der Waals surface area contributed by atoms with Crippen LogP contribution in [0.4, 0.5) is 0 Å². The van der Waals surface area contributed by atoms with Crippen molar-refractivity contribution < 1.29 is 0 Å². The summed E-state index contributed by atoms with van der Waals surface area (Å²) in [5.41, 5.74) is 7.49. The lowest BCUT2D eigenvalue weighted by Crippen LogP contribution is -1.85. The zero-order valence-corrected chi connectivity index (χ0v) is 22.0. The minimum Gasteiger partial charge on any atom is -0.0616 e. The number of hydrogen-bond acceptors (Lipinski definition) is 0. The van der Waals surface area contributed by atoms with Crippen LogP contribution in [0.1, 0.15) is 0 Å². The van der Waals surface area contributed by atoms with E-state index in [2.05, 4.69) is 158 Å². The van der Waals surface area contributed by atoms with Crippen LogP contribution in [0.15, 0.2) is 158 Å². The highest BCUT2D eigenvalue weighted by molar-refractivity contribution is 6.10. The minimum atomic E-state index is 1.24.